The number of H-pyrrole nitrogens is 1. The molecule has 0 fully saturated rings. The summed E-state index contributed by atoms with van der Waals surface area (Å²) in [6.45, 7) is 2.12. The lowest BCUT2D eigenvalue weighted by atomic mass is 9.88. The molecule has 2 heterocycles. The Morgan fingerprint density at radius 3 is 3.15 bits per heavy atom. The molecule has 1 aliphatic carbocycles. The Kier molecular flexibility index (Phi) is 4.51. The first-order chi connectivity index (χ1) is 12.6. The summed E-state index contributed by atoms with van der Waals surface area (Å²) < 4.78 is 5.72. The van der Waals surface area contributed by atoms with Gasteiger partial charge in [-0.25, -0.2) is 9.97 Å². The van der Waals surface area contributed by atoms with Crippen molar-refractivity contribution in [3.05, 3.63) is 46.9 Å². The second kappa shape index (κ2) is 6.96. The van der Waals surface area contributed by atoms with Crippen molar-refractivity contribution >= 4 is 34.2 Å². The topological polar surface area (TPSA) is 79.9 Å². The van der Waals surface area contributed by atoms with Gasteiger partial charge in [0.15, 0.2) is 6.61 Å². The van der Waals surface area contributed by atoms with E-state index in [1.807, 2.05) is 0 Å². The third kappa shape index (κ3) is 3.37. The molecule has 0 saturated carbocycles. The Morgan fingerprint density at radius 1 is 1.42 bits per heavy atom. The zero-order valence-corrected chi connectivity index (χ0v) is 15.1. The zero-order valence-electron chi connectivity index (χ0n) is 14.4. The fraction of sp³-hybridized carbons (Fsp3) is 0.316. The first-order valence-electron chi connectivity index (χ1n) is 8.63. The molecule has 2 aromatic heterocycles. The van der Waals surface area contributed by atoms with Gasteiger partial charge in [0.05, 0.1) is 5.39 Å². The van der Waals surface area contributed by atoms with Gasteiger partial charge in [0.1, 0.15) is 12.0 Å². The normalized spacial score (nSPS) is 16.3. The highest BCUT2D eigenvalue weighted by Crippen LogP contribution is 2.34. The van der Waals surface area contributed by atoms with Crippen molar-refractivity contribution in [2.45, 2.75) is 26.2 Å². The molecule has 26 heavy (non-hydrogen) atoms. The summed E-state index contributed by atoms with van der Waals surface area (Å²) in [5.74, 6) is 0.830. The lowest BCUT2D eigenvalue weighted by Gasteiger charge is -2.18. The molecule has 0 radical (unpaired) electrons. The average Bonchev–Trinajstić information content (AvgIpc) is 2.98. The van der Waals surface area contributed by atoms with Crippen LogP contribution in [0.4, 0.5) is 5.69 Å². The number of amides is 1. The lowest BCUT2D eigenvalue weighted by molar-refractivity contribution is -0.118. The summed E-state index contributed by atoms with van der Waals surface area (Å²) in [5, 5.41) is 4.22. The smallest absolute Gasteiger partial charge is 0.262 e. The highest BCUT2D eigenvalue weighted by molar-refractivity contribution is 6.30. The van der Waals surface area contributed by atoms with Crippen LogP contribution in [-0.4, -0.2) is 27.5 Å². The third-order valence-corrected chi connectivity index (χ3v) is 4.87. The molecular weight excluding hydrogens is 352 g/mol. The van der Waals surface area contributed by atoms with Crippen molar-refractivity contribution in [3.63, 3.8) is 0 Å². The number of hydrogen-bond donors (Lipinski definition) is 2. The Bertz CT molecular complexity index is 969. The fourth-order valence-corrected chi connectivity index (χ4v) is 3.59. The molecule has 4 rings (SSSR count). The second-order valence-electron chi connectivity index (χ2n) is 6.68. The molecule has 1 aliphatic rings. The van der Waals surface area contributed by atoms with Crippen molar-refractivity contribution in [1.82, 2.24) is 15.0 Å². The largest absolute Gasteiger partial charge is 0.467 e. The number of nitrogens with zero attached hydrogens (tertiary/aromatic N) is 2. The number of hydrogen-bond acceptors (Lipinski definition) is 4. The SMILES string of the molecule is CC1CCc2c([nH]c3ncnc(OCC(=O)Nc4cccc(Cl)c4)c23)C1. The van der Waals surface area contributed by atoms with Crippen molar-refractivity contribution in [1.29, 1.82) is 0 Å². The second-order valence-corrected chi connectivity index (χ2v) is 7.12. The van der Waals surface area contributed by atoms with Gasteiger partial charge < -0.3 is 15.0 Å². The van der Waals surface area contributed by atoms with Crippen LogP contribution in [0.1, 0.15) is 24.6 Å². The predicted molar refractivity (Wildman–Crippen MR) is 101 cm³/mol. The first-order valence-corrected chi connectivity index (χ1v) is 9.00. The summed E-state index contributed by atoms with van der Waals surface area (Å²) in [4.78, 5) is 24.1. The molecule has 0 aliphatic heterocycles. The van der Waals surface area contributed by atoms with E-state index >= 15 is 0 Å². The molecule has 1 aromatic carbocycles. The number of anilines is 1. The lowest BCUT2D eigenvalue weighted by Crippen LogP contribution is -2.20. The number of benzene rings is 1. The van der Waals surface area contributed by atoms with E-state index in [0.717, 1.165) is 30.3 Å². The summed E-state index contributed by atoms with van der Waals surface area (Å²) in [6, 6.07) is 6.99. The number of fused-ring (bicyclic) bond motifs is 3. The summed E-state index contributed by atoms with van der Waals surface area (Å²) in [7, 11) is 0. The summed E-state index contributed by atoms with van der Waals surface area (Å²) >= 11 is 5.93. The molecule has 0 spiro atoms. The molecular formula is C19H19ClN4O2. The minimum absolute atomic E-state index is 0.130. The van der Waals surface area contributed by atoms with Crippen molar-refractivity contribution in [2.24, 2.45) is 5.92 Å². The van der Waals surface area contributed by atoms with Crippen LogP contribution in [0.2, 0.25) is 5.02 Å². The highest BCUT2D eigenvalue weighted by Gasteiger charge is 2.23. The van der Waals surface area contributed by atoms with Gasteiger partial charge >= 0.3 is 0 Å². The number of aromatic amines is 1. The van der Waals surface area contributed by atoms with Gasteiger partial charge in [-0.15, -0.1) is 0 Å². The Labute approximate surface area is 155 Å². The number of carbonyl (C=O) groups is 1. The molecule has 134 valence electrons. The molecule has 0 bridgehead atoms. The maximum atomic E-state index is 12.2. The van der Waals surface area contributed by atoms with Gasteiger partial charge in [-0.05, 0) is 48.9 Å². The maximum absolute atomic E-state index is 12.2. The zero-order chi connectivity index (χ0) is 18.1. The van der Waals surface area contributed by atoms with E-state index in [2.05, 4.69) is 27.2 Å². The number of ether oxygens (including phenoxy) is 1. The first kappa shape index (κ1) is 16.8. The molecule has 1 atom stereocenters. The summed E-state index contributed by atoms with van der Waals surface area (Å²) in [6.07, 6.45) is 4.55. The minimum atomic E-state index is -0.267. The van der Waals surface area contributed by atoms with E-state index in [4.69, 9.17) is 16.3 Å². The predicted octanol–water partition coefficient (Wildman–Crippen LogP) is 3.75. The van der Waals surface area contributed by atoms with Gasteiger partial charge in [-0.2, -0.15) is 0 Å². The molecule has 1 amide bonds. The Morgan fingerprint density at radius 2 is 2.31 bits per heavy atom. The van der Waals surface area contributed by atoms with Crippen LogP contribution in [0.25, 0.3) is 11.0 Å². The standard InChI is InChI=1S/C19H19ClN4O2/c1-11-5-6-14-15(7-11)24-18-17(14)19(22-10-21-18)26-9-16(25)23-13-4-2-3-12(20)8-13/h2-4,8,10-11H,5-7,9H2,1H3,(H,23,25)(H,21,22,24). The van der Waals surface area contributed by atoms with Crippen LogP contribution in [0.3, 0.4) is 0 Å². The van der Waals surface area contributed by atoms with Crippen LogP contribution in [0.5, 0.6) is 5.88 Å². The van der Waals surface area contributed by atoms with Crippen LogP contribution < -0.4 is 10.1 Å². The monoisotopic (exact) mass is 370 g/mol. The number of rotatable bonds is 4. The highest BCUT2D eigenvalue weighted by atomic mass is 35.5. The third-order valence-electron chi connectivity index (χ3n) is 4.64. The van der Waals surface area contributed by atoms with Crippen LogP contribution in [0, 0.1) is 5.92 Å². The number of halogens is 1. The van der Waals surface area contributed by atoms with Gasteiger partial charge in [0.2, 0.25) is 5.88 Å². The fourth-order valence-electron chi connectivity index (χ4n) is 3.40. The molecule has 1 unspecified atom stereocenters. The number of nitrogens with one attached hydrogen (secondary N) is 2. The van der Waals surface area contributed by atoms with Gasteiger partial charge in [-0.1, -0.05) is 24.6 Å². The van der Waals surface area contributed by atoms with E-state index in [0.29, 0.717) is 22.5 Å². The molecule has 0 saturated heterocycles. The van der Waals surface area contributed by atoms with E-state index in [-0.39, 0.29) is 12.5 Å². The molecule has 3 aromatic rings. The number of aryl methyl sites for hydroxylation is 1. The van der Waals surface area contributed by atoms with Crippen molar-refractivity contribution in [2.75, 3.05) is 11.9 Å². The van der Waals surface area contributed by atoms with E-state index in [1.54, 1.807) is 24.3 Å². The van der Waals surface area contributed by atoms with E-state index < -0.39 is 0 Å². The molecule has 6 nitrogen and oxygen atoms in total. The maximum Gasteiger partial charge on any atom is 0.262 e. The van der Waals surface area contributed by atoms with Gasteiger partial charge in [0.25, 0.3) is 5.91 Å². The Balaban J connectivity index is 1.51. The quantitative estimate of drug-likeness (QED) is 0.732. The van der Waals surface area contributed by atoms with Crippen LogP contribution >= 0.6 is 11.6 Å². The average molecular weight is 371 g/mol. The van der Waals surface area contributed by atoms with Gasteiger partial charge in [0, 0.05) is 16.4 Å². The van der Waals surface area contributed by atoms with Crippen LogP contribution in [0.15, 0.2) is 30.6 Å². The van der Waals surface area contributed by atoms with Crippen LogP contribution in [-0.2, 0) is 17.6 Å². The van der Waals surface area contributed by atoms with Crippen molar-refractivity contribution < 1.29 is 9.53 Å². The Hall–Kier alpha value is -2.60. The van der Waals surface area contributed by atoms with E-state index in [1.165, 1.54) is 17.6 Å². The molecule has 2 N–H and O–H groups in total. The van der Waals surface area contributed by atoms with E-state index in [9.17, 15) is 4.79 Å². The van der Waals surface area contributed by atoms with Gasteiger partial charge in [-0.3, -0.25) is 4.79 Å². The molecule has 7 heteroatoms. The van der Waals surface area contributed by atoms with Crippen molar-refractivity contribution in [3.8, 4) is 5.88 Å². The number of aromatic nitrogens is 3. The number of carbonyl (C=O) groups excluding carboxylic acids is 1. The minimum Gasteiger partial charge on any atom is -0.467 e. The summed E-state index contributed by atoms with van der Waals surface area (Å²) in [5.41, 5.74) is 3.81.